The predicted molar refractivity (Wildman–Crippen MR) is 78.2 cm³/mol. The molecular weight excluding hydrogens is 250 g/mol. The summed E-state index contributed by atoms with van der Waals surface area (Å²) in [5.41, 5.74) is -0.919. The van der Waals surface area contributed by atoms with Gasteiger partial charge in [0.15, 0.2) is 0 Å². The molecule has 0 aromatic rings. The van der Waals surface area contributed by atoms with E-state index < -0.39 is 5.41 Å². The molecular formula is C17H27NO2. The van der Waals surface area contributed by atoms with Crippen LogP contribution in [0.4, 0.5) is 0 Å². The van der Waals surface area contributed by atoms with Gasteiger partial charge in [0.25, 0.3) is 0 Å². The predicted octanol–water partition coefficient (Wildman–Crippen LogP) is 3.17. The van der Waals surface area contributed by atoms with E-state index in [2.05, 4.69) is 32.6 Å². The van der Waals surface area contributed by atoms with Crippen molar-refractivity contribution in [2.24, 2.45) is 16.2 Å². The van der Waals surface area contributed by atoms with E-state index >= 15 is 0 Å². The molecule has 0 aromatic carbocycles. The molecule has 112 valence electrons. The van der Waals surface area contributed by atoms with Gasteiger partial charge in [-0.05, 0) is 44.4 Å². The summed E-state index contributed by atoms with van der Waals surface area (Å²) in [6.45, 7) is 9.42. The molecule has 0 radical (unpaired) electrons. The Kier molecular flexibility index (Phi) is 2.88. The summed E-state index contributed by atoms with van der Waals surface area (Å²) in [6.07, 6.45) is 5.68. The molecule has 20 heavy (non-hydrogen) atoms. The number of carbonyl (C=O) groups excluding carboxylic acids is 2. The van der Waals surface area contributed by atoms with Gasteiger partial charge in [0.05, 0.1) is 5.41 Å². The Bertz CT molecular complexity index is 470. The van der Waals surface area contributed by atoms with Gasteiger partial charge in [-0.15, -0.1) is 0 Å². The maximum atomic E-state index is 13.3. The van der Waals surface area contributed by atoms with Crippen molar-refractivity contribution < 1.29 is 9.59 Å². The smallest absolute Gasteiger partial charge is 0.230 e. The van der Waals surface area contributed by atoms with Crippen LogP contribution in [-0.2, 0) is 9.59 Å². The third-order valence-electron chi connectivity index (χ3n) is 7.18. The van der Waals surface area contributed by atoms with Crippen molar-refractivity contribution >= 4 is 11.7 Å². The minimum Gasteiger partial charge on any atom is -0.339 e. The average molecular weight is 277 g/mol. The molecule has 0 unspecified atom stereocenters. The molecule has 1 saturated heterocycles. The number of likely N-dealkylation sites (tertiary alicyclic amines) is 1. The van der Waals surface area contributed by atoms with Crippen molar-refractivity contribution in [2.75, 3.05) is 6.54 Å². The number of Topliss-reactive ketones (excluding diaryl/α,β-unsaturated/α-hetero) is 1. The molecule has 2 saturated carbocycles. The Morgan fingerprint density at radius 3 is 2.40 bits per heavy atom. The van der Waals surface area contributed by atoms with Crippen LogP contribution in [0.25, 0.3) is 0 Å². The standard InChI is InChI=1S/C17H27NO2/c1-12-7-5-6-10-18(12)14(20)17-9-8-16(4,13(19)11-17)15(17,2)3/h12H,5-11H2,1-4H3/t12-,16+,17+/m1/s1. The van der Waals surface area contributed by atoms with Gasteiger partial charge in [-0.3, -0.25) is 9.59 Å². The van der Waals surface area contributed by atoms with E-state index in [4.69, 9.17) is 0 Å². The van der Waals surface area contributed by atoms with Crippen molar-refractivity contribution in [1.82, 2.24) is 4.90 Å². The monoisotopic (exact) mass is 277 g/mol. The number of hydrogen-bond donors (Lipinski definition) is 0. The highest BCUT2D eigenvalue weighted by Crippen LogP contribution is 2.71. The van der Waals surface area contributed by atoms with Gasteiger partial charge in [0.1, 0.15) is 5.78 Å². The second-order valence-electron chi connectivity index (χ2n) is 7.98. The number of carbonyl (C=O) groups is 2. The van der Waals surface area contributed by atoms with Gasteiger partial charge in [0, 0.05) is 24.4 Å². The molecule has 3 fully saturated rings. The summed E-state index contributed by atoms with van der Waals surface area (Å²) in [5, 5.41) is 0. The maximum Gasteiger partial charge on any atom is 0.230 e. The molecule has 3 aliphatic rings. The van der Waals surface area contributed by atoms with Crippen LogP contribution in [0, 0.1) is 16.2 Å². The molecule has 2 aliphatic carbocycles. The minimum atomic E-state index is -0.426. The summed E-state index contributed by atoms with van der Waals surface area (Å²) in [5.74, 6) is 0.580. The molecule has 3 heteroatoms. The van der Waals surface area contributed by atoms with Crippen LogP contribution >= 0.6 is 0 Å². The van der Waals surface area contributed by atoms with Gasteiger partial charge < -0.3 is 4.90 Å². The van der Waals surface area contributed by atoms with Gasteiger partial charge >= 0.3 is 0 Å². The summed E-state index contributed by atoms with van der Waals surface area (Å²) < 4.78 is 0. The molecule has 1 heterocycles. The fourth-order valence-corrected chi connectivity index (χ4v) is 5.01. The highest BCUT2D eigenvalue weighted by atomic mass is 16.2. The summed E-state index contributed by atoms with van der Waals surface area (Å²) in [7, 11) is 0. The van der Waals surface area contributed by atoms with E-state index in [1.54, 1.807) is 0 Å². The Balaban J connectivity index is 1.97. The Morgan fingerprint density at radius 1 is 1.20 bits per heavy atom. The number of fused-ring (bicyclic) bond motifs is 2. The first-order chi connectivity index (χ1) is 9.26. The Morgan fingerprint density at radius 2 is 1.90 bits per heavy atom. The van der Waals surface area contributed by atoms with E-state index in [-0.39, 0.29) is 16.7 Å². The molecule has 3 atom stereocenters. The van der Waals surface area contributed by atoms with Crippen LogP contribution in [0.3, 0.4) is 0 Å². The van der Waals surface area contributed by atoms with Crippen LogP contribution < -0.4 is 0 Å². The second kappa shape index (κ2) is 4.08. The number of ketones is 1. The second-order valence-corrected chi connectivity index (χ2v) is 7.98. The number of nitrogens with zero attached hydrogens (tertiary/aromatic N) is 1. The largest absolute Gasteiger partial charge is 0.339 e. The summed E-state index contributed by atoms with van der Waals surface area (Å²) in [6, 6.07) is 0.337. The lowest BCUT2D eigenvalue weighted by Crippen LogP contribution is -2.52. The lowest BCUT2D eigenvalue weighted by atomic mass is 9.64. The molecule has 0 N–H and O–H groups in total. The SMILES string of the molecule is C[C@@H]1CCCCN1C(=O)[C@]12CC[C@@](C)(C(=O)C1)C2(C)C. The Labute approximate surface area is 122 Å². The van der Waals surface area contributed by atoms with Gasteiger partial charge in [0.2, 0.25) is 5.91 Å². The lowest BCUT2D eigenvalue weighted by Gasteiger charge is -2.44. The van der Waals surface area contributed by atoms with Crippen LogP contribution in [0.1, 0.15) is 66.2 Å². The maximum absolute atomic E-state index is 13.3. The van der Waals surface area contributed by atoms with Gasteiger partial charge in [-0.25, -0.2) is 0 Å². The molecule has 0 aromatic heterocycles. The van der Waals surface area contributed by atoms with Crippen LogP contribution in [0.5, 0.6) is 0 Å². The number of hydrogen-bond acceptors (Lipinski definition) is 2. The summed E-state index contributed by atoms with van der Waals surface area (Å²) >= 11 is 0. The van der Waals surface area contributed by atoms with E-state index in [9.17, 15) is 9.59 Å². The minimum absolute atomic E-state index is 0.203. The molecule has 2 bridgehead atoms. The van der Waals surface area contributed by atoms with E-state index in [0.29, 0.717) is 18.2 Å². The number of piperidine rings is 1. The lowest BCUT2D eigenvalue weighted by molar-refractivity contribution is -0.151. The van der Waals surface area contributed by atoms with Crippen molar-refractivity contribution in [1.29, 1.82) is 0 Å². The highest BCUT2D eigenvalue weighted by molar-refractivity contribution is 5.99. The molecule has 0 spiro atoms. The molecule has 3 rings (SSSR count). The topological polar surface area (TPSA) is 37.4 Å². The fraction of sp³-hybridized carbons (Fsp3) is 0.882. The first-order valence-corrected chi connectivity index (χ1v) is 8.11. The molecule has 1 amide bonds. The number of rotatable bonds is 1. The zero-order valence-electron chi connectivity index (χ0n) is 13.3. The van der Waals surface area contributed by atoms with Crippen molar-refractivity contribution in [3.63, 3.8) is 0 Å². The zero-order valence-corrected chi connectivity index (χ0v) is 13.3. The van der Waals surface area contributed by atoms with Crippen LogP contribution in [0.2, 0.25) is 0 Å². The van der Waals surface area contributed by atoms with Crippen molar-refractivity contribution in [3.8, 4) is 0 Å². The molecule has 1 aliphatic heterocycles. The van der Waals surface area contributed by atoms with Crippen molar-refractivity contribution in [2.45, 2.75) is 72.3 Å². The van der Waals surface area contributed by atoms with Crippen LogP contribution in [-0.4, -0.2) is 29.2 Å². The quantitative estimate of drug-likeness (QED) is 0.738. The highest BCUT2D eigenvalue weighted by Gasteiger charge is 2.73. The zero-order chi connectivity index (χ0) is 14.8. The van der Waals surface area contributed by atoms with E-state index in [1.807, 2.05) is 0 Å². The molecule has 3 nitrogen and oxygen atoms in total. The van der Waals surface area contributed by atoms with Crippen LogP contribution in [0.15, 0.2) is 0 Å². The first kappa shape index (κ1) is 14.1. The number of amides is 1. The van der Waals surface area contributed by atoms with Crippen molar-refractivity contribution in [3.05, 3.63) is 0 Å². The fourth-order valence-electron chi connectivity index (χ4n) is 5.01. The van der Waals surface area contributed by atoms with Gasteiger partial charge in [-0.1, -0.05) is 20.8 Å². The average Bonchev–Trinajstić information content (AvgIpc) is 2.69. The first-order valence-electron chi connectivity index (χ1n) is 8.11. The third kappa shape index (κ3) is 1.42. The summed E-state index contributed by atoms with van der Waals surface area (Å²) in [4.78, 5) is 27.8. The van der Waals surface area contributed by atoms with E-state index in [1.165, 1.54) is 6.42 Å². The van der Waals surface area contributed by atoms with Gasteiger partial charge in [-0.2, -0.15) is 0 Å². The van der Waals surface area contributed by atoms with E-state index in [0.717, 1.165) is 32.2 Å². The Hall–Kier alpha value is -0.860. The normalized spacial score (nSPS) is 43.1. The third-order valence-corrected chi connectivity index (χ3v) is 7.18.